The molecule has 1 rings (SSSR count). The summed E-state index contributed by atoms with van der Waals surface area (Å²) in [7, 11) is 0. The lowest BCUT2D eigenvalue weighted by atomic mass is 10.1. The monoisotopic (exact) mass is 394 g/mol. The Bertz CT molecular complexity index is 559. The summed E-state index contributed by atoms with van der Waals surface area (Å²) in [5.74, 6) is -1.04. The normalized spacial score (nSPS) is 10.6. The second kappa shape index (κ2) is 16.1. The Morgan fingerprint density at radius 2 is 1.43 bits per heavy atom. The highest BCUT2D eigenvalue weighted by Gasteiger charge is 2.08. The summed E-state index contributed by atoms with van der Waals surface area (Å²) in [5.41, 5.74) is 0. The second-order valence-corrected chi connectivity index (χ2v) is 7.19. The van der Waals surface area contributed by atoms with Gasteiger partial charge >= 0.3 is 11.9 Å². The molecule has 0 heterocycles. The van der Waals surface area contributed by atoms with E-state index < -0.39 is 11.8 Å². The Morgan fingerprint density at radius 1 is 0.821 bits per heavy atom. The van der Waals surface area contributed by atoms with E-state index in [1.807, 2.05) is 0 Å². The van der Waals surface area contributed by atoms with Crippen LogP contribution in [0.5, 0.6) is 5.75 Å². The lowest BCUT2D eigenvalue weighted by Gasteiger charge is -2.06. The van der Waals surface area contributed by atoms with Crippen molar-refractivity contribution in [2.75, 3.05) is 6.61 Å². The molecule has 0 spiro atoms. The molecule has 0 saturated carbocycles. The Balaban J connectivity index is 1.92. The minimum Gasteiger partial charge on any atom is -0.466 e. The third-order valence-electron chi connectivity index (χ3n) is 4.55. The van der Waals surface area contributed by atoms with Crippen LogP contribution in [0.25, 0.3) is 0 Å². The summed E-state index contributed by atoms with van der Waals surface area (Å²) in [6, 6.07) is 5.42. The predicted molar refractivity (Wildman–Crippen MR) is 109 cm³/mol. The largest absolute Gasteiger partial charge is 0.466 e. The van der Waals surface area contributed by atoms with Gasteiger partial charge in [-0.1, -0.05) is 70.8 Å². The van der Waals surface area contributed by atoms with Crippen LogP contribution in [0.3, 0.4) is 0 Å². The van der Waals surface area contributed by atoms with Crippen molar-refractivity contribution in [1.29, 1.82) is 0 Å². The molecule has 0 amide bonds. The number of halogens is 1. The number of carbonyl (C=O) groups excluding carboxylic acids is 2. The van der Waals surface area contributed by atoms with E-state index in [0.717, 1.165) is 18.9 Å². The van der Waals surface area contributed by atoms with E-state index in [9.17, 15) is 14.0 Å². The molecule has 0 unspecified atom stereocenters. The van der Waals surface area contributed by atoms with Crippen molar-refractivity contribution in [3.05, 3.63) is 30.1 Å². The van der Waals surface area contributed by atoms with Crippen molar-refractivity contribution in [3.63, 3.8) is 0 Å². The third kappa shape index (κ3) is 13.3. The van der Waals surface area contributed by atoms with Gasteiger partial charge in [-0.2, -0.15) is 0 Å². The maximum absolute atomic E-state index is 13.0. The topological polar surface area (TPSA) is 52.6 Å². The van der Waals surface area contributed by atoms with Gasteiger partial charge in [0.1, 0.15) is 11.6 Å². The molecule has 0 N–H and O–H groups in total. The Hall–Kier alpha value is -1.91. The number of hydrogen-bond acceptors (Lipinski definition) is 4. The number of hydrogen-bond donors (Lipinski definition) is 0. The molecular formula is C23H35FO4. The van der Waals surface area contributed by atoms with Gasteiger partial charge in [-0.05, 0) is 25.0 Å². The van der Waals surface area contributed by atoms with Gasteiger partial charge in [0.25, 0.3) is 0 Å². The summed E-state index contributed by atoms with van der Waals surface area (Å²) >= 11 is 0. The van der Waals surface area contributed by atoms with Crippen LogP contribution in [0.15, 0.2) is 24.3 Å². The zero-order valence-electron chi connectivity index (χ0n) is 17.2. The van der Waals surface area contributed by atoms with Crippen molar-refractivity contribution in [1.82, 2.24) is 0 Å². The molecule has 5 heteroatoms. The van der Waals surface area contributed by atoms with Crippen LogP contribution >= 0.6 is 0 Å². The van der Waals surface area contributed by atoms with Crippen LogP contribution in [-0.2, 0) is 14.3 Å². The van der Waals surface area contributed by atoms with E-state index in [1.165, 1.54) is 69.6 Å². The molecule has 28 heavy (non-hydrogen) atoms. The molecule has 0 radical (unpaired) electrons. The molecule has 0 aromatic heterocycles. The minimum atomic E-state index is -0.479. The van der Waals surface area contributed by atoms with E-state index in [1.54, 1.807) is 0 Å². The van der Waals surface area contributed by atoms with Crippen LogP contribution < -0.4 is 4.74 Å². The SMILES string of the molecule is CCCCCCCCCCCCOC(=O)CCCC(=O)Oc1cccc(F)c1. The highest BCUT2D eigenvalue weighted by atomic mass is 19.1. The van der Waals surface area contributed by atoms with Crippen molar-refractivity contribution in [2.45, 2.75) is 90.4 Å². The van der Waals surface area contributed by atoms with Crippen molar-refractivity contribution in [3.8, 4) is 5.75 Å². The van der Waals surface area contributed by atoms with Gasteiger partial charge in [-0.25, -0.2) is 4.39 Å². The fraction of sp³-hybridized carbons (Fsp3) is 0.652. The first-order valence-corrected chi connectivity index (χ1v) is 10.7. The maximum atomic E-state index is 13.0. The molecule has 0 aliphatic rings. The highest BCUT2D eigenvalue weighted by molar-refractivity contribution is 5.74. The van der Waals surface area contributed by atoms with Gasteiger partial charge in [0.15, 0.2) is 0 Å². The molecule has 0 fully saturated rings. The number of ether oxygens (including phenoxy) is 2. The molecule has 0 aliphatic heterocycles. The summed E-state index contributed by atoms with van der Waals surface area (Å²) in [6.07, 6.45) is 13.1. The van der Waals surface area contributed by atoms with Crippen LogP contribution in [0.2, 0.25) is 0 Å². The Labute approximate surface area is 168 Å². The quantitative estimate of drug-likeness (QED) is 0.186. The first-order valence-electron chi connectivity index (χ1n) is 10.7. The van der Waals surface area contributed by atoms with E-state index >= 15 is 0 Å². The molecule has 0 aliphatic carbocycles. The van der Waals surface area contributed by atoms with Crippen LogP contribution in [0.4, 0.5) is 4.39 Å². The summed E-state index contributed by atoms with van der Waals surface area (Å²) in [5, 5.41) is 0. The number of unbranched alkanes of at least 4 members (excludes halogenated alkanes) is 9. The van der Waals surface area contributed by atoms with Gasteiger partial charge in [-0.3, -0.25) is 9.59 Å². The number of esters is 2. The average Bonchev–Trinajstić information content (AvgIpc) is 2.66. The number of rotatable bonds is 16. The molecular weight excluding hydrogens is 359 g/mol. The zero-order chi connectivity index (χ0) is 20.5. The Morgan fingerprint density at radius 3 is 2.07 bits per heavy atom. The van der Waals surface area contributed by atoms with E-state index in [4.69, 9.17) is 9.47 Å². The lowest BCUT2D eigenvalue weighted by Crippen LogP contribution is -2.10. The van der Waals surface area contributed by atoms with Crippen molar-refractivity contribution in [2.24, 2.45) is 0 Å². The Kier molecular flexibility index (Phi) is 13.9. The van der Waals surface area contributed by atoms with E-state index in [2.05, 4.69) is 6.92 Å². The molecule has 0 saturated heterocycles. The predicted octanol–water partition coefficient (Wildman–Crippen LogP) is 6.37. The standard InChI is InChI=1S/C23H35FO4/c1-2-3-4-5-6-7-8-9-10-11-18-27-22(25)16-13-17-23(26)28-21-15-12-14-20(24)19-21/h12,14-15,19H,2-11,13,16-18H2,1H3. The van der Waals surface area contributed by atoms with Gasteiger partial charge < -0.3 is 9.47 Å². The van der Waals surface area contributed by atoms with Gasteiger partial charge in [-0.15, -0.1) is 0 Å². The van der Waals surface area contributed by atoms with E-state index in [-0.39, 0.29) is 24.6 Å². The summed E-state index contributed by atoms with van der Waals surface area (Å²) in [6.45, 7) is 2.68. The molecule has 158 valence electrons. The first-order chi connectivity index (χ1) is 13.6. The summed E-state index contributed by atoms with van der Waals surface area (Å²) < 4.78 is 23.2. The molecule has 1 aromatic carbocycles. The average molecular weight is 395 g/mol. The van der Waals surface area contributed by atoms with Gasteiger partial charge in [0, 0.05) is 18.9 Å². The number of carbonyl (C=O) groups is 2. The molecule has 0 bridgehead atoms. The number of benzene rings is 1. The van der Waals surface area contributed by atoms with E-state index in [0.29, 0.717) is 13.0 Å². The van der Waals surface area contributed by atoms with Crippen molar-refractivity contribution < 1.29 is 23.5 Å². The molecule has 0 atom stereocenters. The highest BCUT2D eigenvalue weighted by Crippen LogP contribution is 2.14. The van der Waals surface area contributed by atoms with Crippen LogP contribution in [-0.4, -0.2) is 18.5 Å². The smallest absolute Gasteiger partial charge is 0.311 e. The van der Waals surface area contributed by atoms with Gasteiger partial charge in [0.05, 0.1) is 6.61 Å². The fourth-order valence-electron chi connectivity index (χ4n) is 2.94. The van der Waals surface area contributed by atoms with Crippen molar-refractivity contribution >= 4 is 11.9 Å². The molecule has 4 nitrogen and oxygen atoms in total. The first kappa shape index (κ1) is 24.1. The minimum absolute atomic E-state index is 0.101. The third-order valence-corrected chi connectivity index (χ3v) is 4.55. The molecule has 1 aromatic rings. The maximum Gasteiger partial charge on any atom is 0.311 e. The van der Waals surface area contributed by atoms with Crippen LogP contribution in [0, 0.1) is 5.82 Å². The second-order valence-electron chi connectivity index (χ2n) is 7.19. The fourth-order valence-corrected chi connectivity index (χ4v) is 2.94. The zero-order valence-corrected chi connectivity index (χ0v) is 17.2. The lowest BCUT2D eigenvalue weighted by molar-refractivity contribution is -0.144. The van der Waals surface area contributed by atoms with Crippen LogP contribution in [0.1, 0.15) is 90.4 Å². The van der Waals surface area contributed by atoms with Gasteiger partial charge in [0.2, 0.25) is 0 Å². The summed E-state index contributed by atoms with van der Waals surface area (Å²) in [4.78, 5) is 23.3.